The van der Waals surface area contributed by atoms with Crippen LogP contribution in [0.4, 0.5) is 0 Å². The van der Waals surface area contributed by atoms with Crippen molar-refractivity contribution in [3.05, 3.63) is 47.0 Å². The van der Waals surface area contributed by atoms with Crippen LogP contribution < -0.4 is 0 Å². The first-order chi connectivity index (χ1) is 7.70. The highest BCUT2D eigenvalue weighted by atomic mass is 35.5. The Morgan fingerprint density at radius 2 is 1.94 bits per heavy atom. The van der Waals surface area contributed by atoms with Crippen molar-refractivity contribution in [2.45, 2.75) is 6.92 Å². The molecule has 0 atom stereocenters. The van der Waals surface area contributed by atoms with Crippen molar-refractivity contribution >= 4 is 17.9 Å². The van der Waals surface area contributed by atoms with Gasteiger partial charge in [-0.3, -0.25) is 4.79 Å². The van der Waals surface area contributed by atoms with E-state index in [0.29, 0.717) is 16.4 Å². The highest BCUT2D eigenvalue weighted by molar-refractivity contribution is 6.31. The molecule has 0 saturated heterocycles. The summed E-state index contributed by atoms with van der Waals surface area (Å²) in [5.74, 6) is 0.699. The fourth-order valence-electron chi connectivity index (χ4n) is 1.43. The maximum absolute atomic E-state index is 10.9. The fraction of sp³-hybridized carbons (Fsp3) is 0.0833. The number of benzene rings is 1. The van der Waals surface area contributed by atoms with E-state index in [4.69, 9.17) is 11.6 Å². The Morgan fingerprint density at radius 3 is 2.56 bits per heavy atom. The molecule has 0 aliphatic heterocycles. The van der Waals surface area contributed by atoms with E-state index < -0.39 is 0 Å². The molecule has 0 fully saturated rings. The molecule has 0 amide bonds. The Morgan fingerprint density at radius 1 is 1.25 bits per heavy atom. The molecule has 0 aliphatic carbocycles. The number of carbonyl (C=O) groups excluding carboxylic acids is 1. The van der Waals surface area contributed by atoms with Crippen LogP contribution in [-0.4, -0.2) is 16.3 Å². The van der Waals surface area contributed by atoms with E-state index in [1.54, 1.807) is 30.6 Å². The van der Waals surface area contributed by atoms with Crippen LogP contribution in [0.2, 0.25) is 5.02 Å². The zero-order valence-electron chi connectivity index (χ0n) is 8.64. The molecule has 0 radical (unpaired) electrons. The number of aldehydes is 1. The fourth-order valence-corrected chi connectivity index (χ4v) is 1.61. The Labute approximate surface area is 98.1 Å². The summed E-state index contributed by atoms with van der Waals surface area (Å²) in [6.45, 7) is 1.81. The summed E-state index contributed by atoms with van der Waals surface area (Å²) in [5, 5.41) is 0.541. The minimum atomic E-state index is 0.541. The Kier molecular flexibility index (Phi) is 2.97. The molecule has 0 N–H and O–H groups in total. The number of aromatic nitrogens is 2. The standard InChI is InChI=1S/C12H9ClN2O/c1-8-14-5-10(6-15-8)12-3-2-11(13)4-9(12)7-16/h2-7H,1H3. The predicted molar refractivity (Wildman–Crippen MR) is 62.6 cm³/mol. The van der Waals surface area contributed by atoms with Gasteiger partial charge in [-0.15, -0.1) is 0 Å². The third-order valence-corrected chi connectivity index (χ3v) is 2.47. The van der Waals surface area contributed by atoms with Crippen LogP contribution in [0.3, 0.4) is 0 Å². The molecule has 0 aliphatic rings. The first-order valence-electron chi connectivity index (χ1n) is 4.74. The minimum absolute atomic E-state index is 0.541. The second kappa shape index (κ2) is 4.41. The number of hydrogen-bond acceptors (Lipinski definition) is 3. The number of nitrogens with zero attached hydrogens (tertiary/aromatic N) is 2. The molecular formula is C12H9ClN2O. The van der Waals surface area contributed by atoms with Crippen molar-refractivity contribution in [1.82, 2.24) is 9.97 Å². The summed E-state index contributed by atoms with van der Waals surface area (Å²) in [5.41, 5.74) is 2.14. The van der Waals surface area contributed by atoms with Gasteiger partial charge in [-0.1, -0.05) is 17.7 Å². The van der Waals surface area contributed by atoms with Gasteiger partial charge in [0.15, 0.2) is 6.29 Å². The van der Waals surface area contributed by atoms with Crippen LogP contribution in [0.25, 0.3) is 11.1 Å². The van der Waals surface area contributed by atoms with Crippen LogP contribution in [0, 0.1) is 6.92 Å². The van der Waals surface area contributed by atoms with E-state index in [2.05, 4.69) is 9.97 Å². The third kappa shape index (κ3) is 2.09. The summed E-state index contributed by atoms with van der Waals surface area (Å²) in [6, 6.07) is 5.16. The van der Waals surface area contributed by atoms with Gasteiger partial charge in [-0.05, 0) is 24.6 Å². The second-order valence-corrected chi connectivity index (χ2v) is 3.80. The zero-order valence-corrected chi connectivity index (χ0v) is 9.40. The van der Waals surface area contributed by atoms with Crippen molar-refractivity contribution in [1.29, 1.82) is 0 Å². The highest BCUT2D eigenvalue weighted by Gasteiger charge is 2.05. The van der Waals surface area contributed by atoms with E-state index >= 15 is 0 Å². The van der Waals surface area contributed by atoms with Gasteiger partial charge in [0.2, 0.25) is 0 Å². The molecule has 2 aromatic rings. The van der Waals surface area contributed by atoms with E-state index in [0.717, 1.165) is 17.4 Å². The summed E-state index contributed by atoms with van der Waals surface area (Å²) in [6.07, 6.45) is 4.16. The summed E-state index contributed by atoms with van der Waals surface area (Å²) in [4.78, 5) is 19.1. The van der Waals surface area contributed by atoms with Crippen molar-refractivity contribution in [3.8, 4) is 11.1 Å². The topological polar surface area (TPSA) is 42.9 Å². The summed E-state index contributed by atoms with van der Waals surface area (Å²) >= 11 is 5.82. The largest absolute Gasteiger partial charge is 0.298 e. The molecule has 1 heterocycles. The molecule has 3 nitrogen and oxygen atoms in total. The van der Waals surface area contributed by atoms with Crippen LogP contribution in [0.15, 0.2) is 30.6 Å². The van der Waals surface area contributed by atoms with Crippen molar-refractivity contribution in [3.63, 3.8) is 0 Å². The number of aryl methyl sites for hydroxylation is 1. The van der Waals surface area contributed by atoms with Crippen LogP contribution >= 0.6 is 11.6 Å². The number of halogens is 1. The summed E-state index contributed by atoms with van der Waals surface area (Å²) in [7, 11) is 0. The average molecular weight is 233 g/mol. The SMILES string of the molecule is Cc1ncc(-c2ccc(Cl)cc2C=O)cn1. The Balaban J connectivity index is 2.55. The Bertz CT molecular complexity index is 523. The quantitative estimate of drug-likeness (QED) is 0.748. The molecular weight excluding hydrogens is 224 g/mol. The normalized spacial score (nSPS) is 10.1. The molecule has 2 rings (SSSR count). The van der Waals surface area contributed by atoms with Gasteiger partial charge < -0.3 is 0 Å². The van der Waals surface area contributed by atoms with Crippen LogP contribution in [-0.2, 0) is 0 Å². The van der Waals surface area contributed by atoms with Crippen molar-refractivity contribution < 1.29 is 4.79 Å². The molecule has 0 spiro atoms. The van der Waals surface area contributed by atoms with Gasteiger partial charge >= 0.3 is 0 Å². The zero-order chi connectivity index (χ0) is 11.5. The Hall–Kier alpha value is -1.74. The lowest BCUT2D eigenvalue weighted by molar-refractivity contribution is 0.112. The molecule has 16 heavy (non-hydrogen) atoms. The van der Waals surface area contributed by atoms with E-state index in [-0.39, 0.29) is 0 Å². The smallest absolute Gasteiger partial charge is 0.150 e. The number of rotatable bonds is 2. The van der Waals surface area contributed by atoms with Gasteiger partial charge in [0.25, 0.3) is 0 Å². The molecule has 80 valence electrons. The van der Waals surface area contributed by atoms with Crippen molar-refractivity contribution in [2.24, 2.45) is 0 Å². The van der Waals surface area contributed by atoms with Crippen LogP contribution in [0.5, 0.6) is 0 Å². The third-order valence-electron chi connectivity index (χ3n) is 2.23. The molecule has 0 saturated carbocycles. The first kappa shape index (κ1) is 10.8. The van der Waals surface area contributed by atoms with E-state index in [9.17, 15) is 4.79 Å². The van der Waals surface area contributed by atoms with Gasteiger partial charge in [0.05, 0.1) is 0 Å². The molecule has 4 heteroatoms. The molecule has 0 bridgehead atoms. The van der Waals surface area contributed by atoms with Gasteiger partial charge in [-0.2, -0.15) is 0 Å². The van der Waals surface area contributed by atoms with Crippen molar-refractivity contribution in [2.75, 3.05) is 0 Å². The number of carbonyl (C=O) groups is 1. The lowest BCUT2D eigenvalue weighted by atomic mass is 10.0. The lowest BCUT2D eigenvalue weighted by Gasteiger charge is -2.04. The second-order valence-electron chi connectivity index (χ2n) is 3.37. The molecule has 0 unspecified atom stereocenters. The monoisotopic (exact) mass is 232 g/mol. The van der Waals surface area contributed by atoms with Gasteiger partial charge in [0, 0.05) is 28.5 Å². The maximum atomic E-state index is 10.9. The van der Waals surface area contributed by atoms with Gasteiger partial charge in [0.1, 0.15) is 5.82 Å². The van der Waals surface area contributed by atoms with E-state index in [1.165, 1.54) is 0 Å². The molecule has 1 aromatic carbocycles. The average Bonchev–Trinajstić information content (AvgIpc) is 2.30. The summed E-state index contributed by atoms with van der Waals surface area (Å²) < 4.78 is 0. The van der Waals surface area contributed by atoms with E-state index in [1.807, 2.05) is 6.92 Å². The highest BCUT2D eigenvalue weighted by Crippen LogP contribution is 2.24. The molecule has 1 aromatic heterocycles. The maximum Gasteiger partial charge on any atom is 0.150 e. The van der Waals surface area contributed by atoms with Crippen LogP contribution in [0.1, 0.15) is 16.2 Å². The lowest BCUT2D eigenvalue weighted by Crippen LogP contribution is -1.91. The minimum Gasteiger partial charge on any atom is -0.298 e. The number of hydrogen-bond donors (Lipinski definition) is 0. The van der Waals surface area contributed by atoms with Gasteiger partial charge in [-0.25, -0.2) is 9.97 Å². The first-order valence-corrected chi connectivity index (χ1v) is 5.12. The predicted octanol–water partition coefficient (Wildman–Crippen LogP) is 2.92.